The number of carbonyl (C=O) groups excluding carboxylic acids is 1. The summed E-state index contributed by atoms with van der Waals surface area (Å²) in [5.74, 6) is -0.483. The molecule has 0 spiro atoms. The molecule has 8 heteroatoms. The van der Waals surface area contributed by atoms with Crippen molar-refractivity contribution in [3.8, 4) is 0 Å². The van der Waals surface area contributed by atoms with Crippen LogP contribution in [0.5, 0.6) is 0 Å². The molecule has 0 amide bonds. The highest BCUT2D eigenvalue weighted by Crippen LogP contribution is 2.57. The zero-order valence-corrected chi connectivity index (χ0v) is 22.7. The van der Waals surface area contributed by atoms with Crippen LogP contribution in [0.15, 0.2) is 83.1 Å². The molecule has 200 valence electrons. The smallest absolute Gasteiger partial charge is 0.338 e. The number of rotatable bonds is 10. The fourth-order valence-electron chi connectivity index (χ4n) is 5.86. The van der Waals surface area contributed by atoms with Gasteiger partial charge < -0.3 is 9.84 Å². The molecule has 1 aliphatic heterocycles. The molecule has 2 aromatic carbocycles. The van der Waals surface area contributed by atoms with E-state index >= 15 is 0 Å². The number of pyridine rings is 1. The Hall–Kier alpha value is -3.39. The number of cyclic esters (lactones) is 1. The highest BCUT2D eigenvalue weighted by molar-refractivity contribution is 7.93. The molecule has 0 radical (unpaired) electrons. The van der Waals surface area contributed by atoms with Gasteiger partial charge in [-0.15, -0.1) is 0 Å². The zero-order chi connectivity index (χ0) is 27.0. The molecule has 0 saturated heterocycles. The Morgan fingerprint density at radius 3 is 2.29 bits per heavy atom. The number of aliphatic hydroxyl groups is 1. The highest BCUT2D eigenvalue weighted by atomic mass is 32.2. The summed E-state index contributed by atoms with van der Waals surface area (Å²) in [6, 6.07) is 17.6. The van der Waals surface area contributed by atoms with Crippen molar-refractivity contribution in [1.82, 2.24) is 4.98 Å². The van der Waals surface area contributed by atoms with E-state index in [-0.39, 0.29) is 29.2 Å². The maximum atomic E-state index is 14.3. The van der Waals surface area contributed by atoms with Gasteiger partial charge >= 0.3 is 5.97 Å². The number of nitrogens with zero attached hydrogens (tertiary/aromatic N) is 2. The first-order chi connectivity index (χ1) is 18.3. The van der Waals surface area contributed by atoms with E-state index in [1.54, 1.807) is 48.7 Å². The van der Waals surface area contributed by atoms with Crippen LogP contribution in [0.2, 0.25) is 0 Å². The van der Waals surface area contributed by atoms with Crippen LogP contribution < -0.4 is 4.31 Å². The van der Waals surface area contributed by atoms with Gasteiger partial charge in [0, 0.05) is 30.0 Å². The lowest BCUT2D eigenvalue weighted by Crippen LogP contribution is -2.44. The number of ether oxygens (including phenoxy) is 1. The second-order valence-corrected chi connectivity index (χ2v) is 12.4. The summed E-state index contributed by atoms with van der Waals surface area (Å²) in [6.45, 7) is 4.09. The molecule has 1 aliphatic carbocycles. The summed E-state index contributed by atoms with van der Waals surface area (Å²) >= 11 is 0. The van der Waals surface area contributed by atoms with Gasteiger partial charge in [0.1, 0.15) is 16.3 Å². The topological polar surface area (TPSA) is 96.8 Å². The summed E-state index contributed by atoms with van der Waals surface area (Å²) in [5.41, 5.74) is -0.407. The SMILES string of the molecule is CCCC1(CCC)CC(O)=C(C2(CN(c3ccccc3)S(=O)(=O)c3cccc4cccnc34)CC2)C(=O)O1. The van der Waals surface area contributed by atoms with Crippen molar-refractivity contribution in [3.63, 3.8) is 0 Å². The molecule has 5 rings (SSSR count). The van der Waals surface area contributed by atoms with Crippen molar-refractivity contribution in [1.29, 1.82) is 0 Å². The van der Waals surface area contributed by atoms with Crippen LogP contribution in [0, 0.1) is 5.41 Å². The van der Waals surface area contributed by atoms with Crippen LogP contribution in [-0.4, -0.2) is 36.6 Å². The Labute approximate surface area is 224 Å². The largest absolute Gasteiger partial charge is 0.512 e. The minimum absolute atomic E-state index is 0.0195. The maximum absolute atomic E-state index is 14.3. The second-order valence-electron chi connectivity index (χ2n) is 10.5. The number of hydrogen-bond donors (Lipinski definition) is 1. The van der Waals surface area contributed by atoms with Gasteiger partial charge in [0.25, 0.3) is 10.0 Å². The van der Waals surface area contributed by atoms with E-state index in [1.807, 2.05) is 32.0 Å². The average Bonchev–Trinajstić information content (AvgIpc) is 3.67. The first-order valence-corrected chi connectivity index (χ1v) is 14.8. The van der Waals surface area contributed by atoms with Gasteiger partial charge in [0.15, 0.2) is 0 Å². The number of hydrogen-bond acceptors (Lipinski definition) is 6. The molecule has 1 N–H and O–H groups in total. The fourth-order valence-corrected chi connectivity index (χ4v) is 7.58. The van der Waals surface area contributed by atoms with Crippen LogP contribution >= 0.6 is 0 Å². The average molecular weight is 535 g/mol. The van der Waals surface area contributed by atoms with E-state index in [4.69, 9.17) is 4.74 Å². The zero-order valence-electron chi connectivity index (χ0n) is 21.9. The van der Waals surface area contributed by atoms with E-state index < -0.39 is 27.0 Å². The number of anilines is 1. The Morgan fingerprint density at radius 1 is 0.974 bits per heavy atom. The summed E-state index contributed by atoms with van der Waals surface area (Å²) < 4.78 is 35.9. The van der Waals surface area contributed by atoms with Gasteiger partial charge in [-0.3, -0.25) is 9.29 Å². The number of para-hydroxylation sites is 2. The Kier molecular flexibility index (Phi) is 6.94. The number of fused-ring (bicyclic) bond motifs is 1. The Bertz CT molecular complexity index is 1470. The third-order valence-electron chi connectivity index (χ3n) is 7.74. The molecule has 0 bridgehead atoms. The molecule has 7 nitrogen and oxygen atoms in total. The van der Waals surface area contributed by atoms with Crippen molar-refractivity contribution in [3.05, 3.63) is 78.2 Å². The molecule has 0 unspecified atom stereocenters. The minimum Gasteiger partial charge on any atom is -0.512 e. The van der Waals surface area contributed by atoms with E-state index in [9.17, 15) is 18.3 Å². The lowest BCUT2D eigenvalue weighted by atomic mass is 9.82. The Morgan fingerprint density at radius 2 is 1.66 bits per heavy atom. The van der Waals surface area contributed by atoms with Crippen molar-refractivity contribution in [2.24, 2.45) is 5.41 Å². The van der Waals surface area contributed by atoms with Crippen LogP contribution in [0.4, 0.5) is 5.69 Å². The van der Waals surface area contributed by atoms with Crippen molar-refractivity contribution < 1.29 is 23.1 Å². The highest BCUT2D eigenvalue weighted by Gasteiger charge is 2.56. The van der Waals surface area contributed by atoms with Gasteiger partial charge in [-0.1, -0.05) is 63.1 Å². The lowest BCUT2D eigenvalue weighted by molar-refractivity contribution is -0.162. The van der Waals surface area contributed by atoms with E-state index in [0.717, 1.165) is 18.2 Å². The van der Waals surface area contributed by atoms with E-state index in [1.165, 1.54) is 4.31 Å². The molecule has 1 aromatic heterocycles. The molecular weight excluding hydrogens is 500 g/mol. The first-order valence-electron chi connectivity index (χ1n) is 13.3. The van der Waals surface area contributed by atoms with Crippen LogP contribution in [-0.2, 0) is 19.6 Å². The predicted octanol–water partition coefficient (Wildman–Crippen LogP) is 6.31. The maximum Gasteiger partial charge on any atom is 0.338 e. The number of carbonyl (C=O) groups is 1. The molecular formula is C30H34N2O5S. The summed E-state index contributed by atoms with van der Waals surface area (Å²) in [6.07, 6.45) is 6.04. The predicted molar refractivity (Wildman–Crippen MR) is 147 cm³/mol. The molecule has 0 atom stereocenters. The summed E-state index contributed by atoms with van der Waals surface area (Å²) in [5, 5.41) is 12.0. The quantitative estimate of drug-likeness (QED) is 0.306. The van der Waals surface area contributed by atoms with Crippen LogP contribution in [0.1, 0.15) is 58.8 Å². The monoisotopic (exact) mass is 534 g/mol. The van der Waals surface area contributed by atoms with Crippen LogP contribution in [0.25, 0.3) is 10.9 Å². The van der Waals surface area contributed by atoms with Crippen LogP contribution in [0.3, 0.4) is 0 Å². The number of aromatic nitrogens is 1. The number of esters is 1. The lowest BCUT2D eigenvalue weighted by Gasteiger charge is -2.39. The third-order valence-corrected chi connectivity index (χ3v) is 9.55. The van der Waals surface area contributed by atoms with Gasteiger partial charge in [-0.05, 0) is 49.9 Å². The van der Waals surface area contributed by atoms with Crippen molar-refractivity contribution >= 4 is 32.6 Å². The summed E-state index contributed by atoms with van der Waals surface area (Å²) in [7, 11) is -4.07. The standard InChI is InChI=1S/C30H34N2O5S/c1-3-15-30(16-4-2)20-24(33)26(28(34)37-30)29(17-18-29)21-32(23-12-6-5-7-13-23)38(35,36)25-14-8-10-22-11-9-19-31-27(22)25/h5-14,19,33H,3-4,15-18,20-21H2,1-2H3. The molecule has 1 saturated carbocycles. The molecule has 2 heterocycles. The van der Waals surface area contributed by atoms with Crippen molar-refractivity contribution in [2.75, 3.05) is 10.8 Å². The van der Waals surface area contributed by atoms with E-state index in [2.05, 4.69) is 4.98 Å². The summed E-state index contributed by atoms with van der Waals surface area (Å²) in [4.78, 5) is 17.9. The fraction of sp³-hybridized carbons (Fsp3) is 0.400. The third kappa shape index (κ3) is 4.66. The molecule has 1 fully saturated rings. The number of benzene rings is 2. The van der Waals surface area contributed by atoms with Gasteiger partial charge in [-0.2, -0.15) is 0 Å². The van der Waals surface area contributed by atoms with Gasteiger partial charge in [0.05, 0.1) is 16.8 Å². The molecule has 3 aromatic rings. The van der Waals surface area contributed by atoms with Crippen molar-refractivity contribution in [2.45, 2.75) is 69.3 Å². The van der Waals surface area contributed by atoms with E-state index in [0.29, 0.717) is 36.9 Å². The molecule has 38 heavy (non-hydrogen) atoms. The second kappa shape index (κ2) is 10.1. The number of sulfonamides is 1. The van der Waals surface area contributed by atoms with Gasteiger partial charge in [-0.25, -0.2) is 13.2 Å². The number of aliphatic hydroxyl groups excluding tert-OH is 1. The Balaban J connectivity index is 1.57. The minimum atomic E-state index is -4.07. The van der Waals surface area contributed by atoms with Gasteiger partial charge in [0.2, 0.25) is 0 Å². The normalized spacial score (nSPS) is 18.3. The first kappa shape index (κ1) is 26.2. The molecule has 2 aliphatic rings.